The zero-order valence-corrected chi connectivity index (χ0v) is 13.0. The highest BCUT2D eigenvalue weighted by Gasteiger charge is 2.04. The van der Waals surface area contributed by atoms with Crippen LogP contribution in [0, 0.1) is 6.92 Å². The van der Waals surface area contributed by atoms with Crippen molar-refractivity contribution in [2.45, 2.75) is 26.9 Å². The lowest BCUT2D eigenvalue weighted by atomic mass is 10.1. The van der Waals surface area contributed by atoms with E-state index in [0.29, 0.717) is 5.56 Å². The molecule has 4 heteroatoms. The number of carbonyl (C=O) groups excluding carboxylic acids is 1. The molecule has 22 heavy (non-hydrogen) atoms. The second kappa shape index (κ2) is 7.41. The van der Waals surface area contributed by atoms with Gasteiger partial charge >= 0.3 is 0 Å². The van der Waals surface area contributed by atoms with Crippen molar-refractivity contribution in [1.29, 1.82) is 0 Å². The molecule has 0 bridgehead atoms. The Morgan fingerprint density at radius 1 is 1.14 bits per heavy atom. The molecule has 1 amide bonds. The molecule has 0 saturated carbocycles. The number of hydrazone groups is 1. The molecule has 2 aromatic rings. The van der Waals surface area contributed by atoms with Crippen LogP contribution in [0.5, 0.6) is 5.75 Å². The molecule has 0 aliphatic rings. The average molecular weight is 296 g/mol. The molecule has 2 aromatic carbocycles. The molecule has 4 nitrogen and oxygen atoms in total. The summed E-state index contributed by atoms with van der Waals surface area (Å²) >= 11 is 0. The molecule has 0 radical (unpaired) electrons. The fourth-order valence-electron chi connectivity index (χ4n) is 1.88. The lowest BCUT2D eigenvalue weighted by Crippen LogP contribution is -2.17. The van der Waals surface area contributed by atoms with Gasteiger partial charge in [0.15, 0.2) is 0 Å². The lowest BCUT2D eigenvalue weighted by Gasteiger charge is -2.11. The van der Waals surface area contributed by atoms with Gasteiger partial charge < -0.3 is 4.74 Å². The Hall–Kier alpha value is -2.62. The normalized spacial score (nSPS) is 10.9. The minimum Gasteiger partial charge on any atom is -0.490 e. The van der Waals surface area contributed by atoms with Gasteiger partial charge in [0.25, 0.3) is 5.91 Å². The zero-order valence-electron chi connectivity index (χ0n) is 13.0. The van der Waals surface area contributed by atoms with E-state index in [0.717, 1.165) is 16.9 Å². The molecule has 2 rings (SSSR count). The Kier molecular flexibility index (Phi) is 5.31. The standard InChI is InChI=1S/C18H20N2O2/c1-13(2)22-17-7-5-4-6-16(17)12-19-20-18(21)15-10-8-14(3)9-11-15/h4-13H,1-3H3,(H,20,21)/b19-12-. The predicted octanol–water partition coefficient (Wildman–Crippen LogP) is 3.55. The van der Waals surface area contributed by atoms with Crippen molar-refractivity contribution in [1.82, 2.24) is 5.43 Å². The van der Waals surface area contributed by atoms with Crippen LogP contribution in [0.1, 0.15) is 35.3 Å². The minimum absolute atomic E-state index is 0.0803. The number of aryl methyl sites for hydroxylation is 1. The van der Waals surface area contributed by atoms with E-state index < -0.39 is 0 Å². The number of amides is 1. The number of rotatable bonds is 5. The van der Waals surface area contributed by atoms with Gasteiger partial charge in [-0.05, 0) is 45.0 Å². The van der Waals surface area contributed by atoms with E-state index in [2.05, 4.69) is 10.5 Å². The molecule has 0 saturated heterocycles. The van der Waals surface area contributed by atoms with Crippen LogP contribution >= 0.6 is 0 Å². The third kappa shape index (κ3) is 4.45. The molecule has 0 atom stereocenters. The largest absolute Gasteiger partial charge is 0.490 e. The molecular formula is C18H20N2O2. The summed E-state index contributed by atoms with van der Waals surface area (Å²) in [5.74, 6) is 0.504. The predicted molar refractivity (Wildman–Crippen MR) is 88.4 cm³/mol. The Balaban J connectivity index is 2.03. The van der Waals surface area contributed by atoms with Gasteiger partial charge in [-0.25, -0.2) is 5.43 Å². The number of ether oxygens (including phenoxy) is 1. The molecular weight excluding hydrogens is 276 g/mol. The summed E-state index contributed by atoms with van der Waals surface area (Å²) in [6, 6.07) is 14.9. The van der Waals surface area contributed by atoms with Gasteiger partial charge in [-0.1, -0.05) is 29.8 Å². The van der Waals surface area contributed by atoms with Crippen molar-refractivity contribution < 1.29 is 9.53 Å². The zero-order chi connectivity index (χ0) is 15.9. The monoisotopic (exact) mass is 296 g/mol. The van der Waals surface area contributed by atoms with E-state index in [9.17, 15) is 4.79 Å². The first kappa shape index (κ1) is 15.8. The van der Waals surface area contributed by atoms with Crippen LogP contribution in [0.4, 0.5) is 0 Å². The van der Waals surface area contributed by atoms with Crippen molar-refractivity contribution in [3.63, 3.8) is 0 Å². The summed E-state index contributed by atoms with van der Waals surface area (Å²) in [7, 11) is 0. The molecule has 114 valence electrons. The number of hydrogen-bond acceptors (Lipinski definition) is 3. The fraction of sp³-hybridized carbons (Fsp3) is 0.222. The van der Waals surface area contributed by atoms with E-state index >= 15 is 0 Å². The van der Waals surface area contributed by atoms with E-state index in [1.165, 1.54) is 0 Å². The maximum Gasteiger partial charge on any atom is 0.271 e. The van der Waals surface area contributed by atoms with Crippen LogP contribution in [0.2, 0.25) is 0 Å². The maximum atomic E-state index is 12.0. The van der Waals surface area contributed by atoms with Gasteiger partial charge in [-0.3, -0.25) is 4.79 Å². The van der Waals surface area contributed by atoms with Gasteiger partial charge in [0.2, 0.25) is 0 Å². The van der Waals surface area contributed by atoms with Gasteiger partial charge in [-0.15, -0.1) is 0 Å². The highest BCUT2D eigenvalue weighted by atomic mass is 16.5. The molecule has 0 heterocycles. The first-order valence-electron chi connectivity index (χ1n) is 7.22. The van der Waals surface area contributed by atoms with Gasteiger partial charge in [0.05, 0.1) is 12.3 Å². The highest BCUT2D eigenvalue weighted by Crippen LogP contribution is 2.17. The Bertz CT molecular complexity index is 661. The average Bonchev–Trinajstić information content (AvgIpc) is 2.49. The van der Waals surface area contributed by atoms with E-state index in [-0.39, 0.29) is 12.0 Å². The summed E-state index contributed by atoms with van der Waals surface area (Å²) in [4.78, 5) is 12.0. The SMILES string of the molecule is Cc1ccc(C(=O)N/N=C\c2ccccc2OC(C)C)cc1. The quantitative estimate of drug-likeness (QED) is 0.677. The second-order valence-electron chi connectivity index (χ2n) is 5.27. The van der Waals surface area contributed by atoms with E-state index in [4.69, 9.17) is 4.74 Å². The third-order valence-corrected chi connectivity index (χ3v) is 2.97. The number of hydrogen-bond donors (Lipinski definition) is 1. The van der Waals surface area contributed by atoms with Crippen molar-refractivity contribution in [3.05, 3.63) is 65.2 Å². The second-order valence-corrected chi connectivity index (χ2v) is 5.27. The molecule has 0 spiro atoms. The fourth-order valence-corrected chi connectivity index (χ4v) is 1.88. The van der Waals surface area contributed by atoms with Crippen LogP contribution < -0.4 is 10.2 Å². The number of para-hydroxylation sites is 1. The number of carbonyl (C=O) groups is 1. The van der Waals surface area contributed by atoms with Crippen LogP contribution in [-0.2, 0) is 0 Å². The number of nitrogens with one attached hydrogen (secondary N) is 1. The van der Waals surface area contributed by atoms with Crippen LogP contribution in [0.25, 0.3) is 0 Å². The molecule has 0 aliphatic heterocycles. The molecule has 0 aromatic heterocycles. The topological polar surface area (TPSA) is 50.7 Å². The number of benzene rings is 2. The van der Waals surface area contributed by atoms with Crippen molar-refractivity contribution in [3.8, 4) is 5.75 Å². The van der Waals surface area contributed by atoms with Crippen LogP contribution in [-0.4, -0.2) is 18.2 Å². The first-order valence-corrected chi connectivity index (χ1v) is 7.22. The van der Waals surface area contributed by atoms with E-state index in [1.807, 2.05) is 57.2 Å². The minimum atomic E-state index is -0.237. The summed E-state index contributed by atoms with van der Waals surface area (Å²) < 4.78 is 5.70. The summed E-state index contributed by atoms with van der Waals surface area (Å²) in [5.41, 5.74) is 5.03. The third-order valence-electron chi connectivity index (χ3n) is 2.97. The lowest BCUT2D eigenvalue weighted by molar-refractivity contribution is 0.0955. The maximum absolute atomic E-state index is 12.0. The Morgan fingerprint density at radius 2 is 1.82 bits per heavy atom. The van der Waals surface area contributed by atoms with Gasteiger partial charge in [0, 0.05) is 11.1 Å². The summed E-state index contributed by atoms with van der Waals surface area (Å²) in [5, 5.41) is 4.00. The summed E-state index contributed by atoms with van der Waals surface area (Å²) in [6.45, 7) is 5.91. The smallest absolute Gasteiger partial charge is 0.271 e. The van der Waals surface area contributed by atoms with Crippen LogP contribution in [0.15, 0.2) is 53.6 Å². The molecule has 0 unspecified atom stereocenters. The number of nitrogens with zero attached hydrogens (tertiary/aromatic N) is 1. The van der Waals surface area contributed by atoms with Crippen molar-refractivity contribution in [2.24, 2.45) is 5.10 Å². The van der Waals surface area contributed by atoms with E-state index in [1.54, 1.807) is 18.3 Å². The Morgan fingerprint density at radius 3 is 2.50 bits per heavy atom. The van der Waals surface area contributed by atoms with Gasteiger partial charge in [-0.2, -0.15) is 5.10 Å². The first-order chi connectivity index (χ1) is 10.6. The summed E-state index contributed by atoms with van der Waals surface area (Å²) in [6.07, 6.45) is 1.67. The van der Waals surface area contributed by atoms with Crippen molar-refractivity contribution >= 4 is 12.1 Å². The highest BCUT2D eigenvalue weighted by molar-refractivity contribution is 5.95. The molecule has 0 aliphatic carbocycles. The molecule has 1 N–H and O–H groups in total. The Labute approximate surface area is 130 Å². The van der Waals surface area contributed by atoms with Crippen LogP contribution in [0.3, 0.4) is 0 Å². The van der Waals surface area contributed by atoms with Gasteiger partial charge in [0.1, 0.15) is 5.75 Å². The van der Waals surface area contributed by atoms with Crippen molar-refractivity contribution in [2.75, 3.05) is 0 Å². The molecule has 0 fully saturated rings.